The molecule has 0 spiro atoms. The molecule has 2 aromatic heterocycles. The highest BCUT2D eigenvalue weighted by Gasteiger charge is 2.14. The van der Waals surface area contributed by atoms with Gasteiger partial charge in [-0.15, -0.1) is 20.4 Å². The lowest BCUT2D eigenvalue weighted by molar-refractivity contribution is 0.526. The monoisotopic (exact) mass is 304 g/mol. The summed E-state index contributed by atoms with van der Waals surface area (Å²) in [6.07, 6.45) is 0. The van der Waals surface area contributed by atoms with Gasteiger partial charge >= 0.3 is 0 Å². The van der Waals surface area contributed by atoms with Crippen LogP contribution in [0.25, 0.3) is 0 Å². The van der Waals surface area contributed by atoms with Crippen molar-refractivity contribution in [3.8, 4) is 0 Å². The molecule has 0 bridgehead atoms. The van der Waals surface area contributed by atoms with Crippen molar-refractivity contribution >= 4 is 34.7 Å². The topological polar surface area (TPSA) is 82.5 Å². The third-order valence-corrected chi connectivity index (χ3v) is 4.36. The number of nitrogens with two attached hydrogens (primary N) is 1. The minimum absolute atomic E-state index is 0.277. The van der Waals surface area contributed by atoms with Crippen LogP contribution in [0, 0.1) is 0 Å². The lowest BCUT2D eigenvalue weighted by atomic mass is 10.4. The Kier molecular flexibility index (Phi) is 4.55. The van der Waals surface area contributed by atoms with Gasteiger partial charge in [-0.3, -0.25) is 0 Å². The highest BCUT2D eigenvalue weighted by atomic mass is 35.5. The van der Waals surface area contributed by atoms with Gasteiger partial charge in [0.2, 0.25) is 4.47 Å². The molecule has 0 saturated carbocycles. The second-order valence-electron chi connectivity index (χ2n) is 3.80. The van der Waals surface area contributed by atoms with Gasteiger partial charge in [-0.2, -0.15) is 0 Å². The summed E-state index contributed by atoms with van der Waals surface area (Å²) in [5.74, 6) is 1.47. The molecular weight excluding hydrogens is 292 g/mol. The smallest absolute Gasteiger partial charge is 0.207 e. The van der Waals surface area contributed by atoms with Crippen molar-refractivity contribution in [1.82, 2.24) is 25.0 Å². The van der Waals surface area contributed by atoms with Crippen LogP contribution in [0.4, 0.5) is 0 Å². The van der Waals surface area contributed by atoms with Gasteiger partial charge in [0.05, 0.1) is 12.3 Å². The predicted octanol–water partition coefficient (Wildman–Crippen LogP) is 2.11. The Labute approximate surface area is 118 Å². The van der Waals surface area contributed by atoms with Crippen molar-refractivity contribution < 1.29 is 0 Å². The standard InChI is InChI=1S/C9H13ClN6S2/c1-5(2)16-6(3-11)12-15-9(16)17-4-7-13-14-8(10)18-7/h5H,3-4,11H2,1-2H3. The highest BCUT2D eigenvalue weighted by Crippen LogP contribution is 2.26. The fourth-order valence-electron chi connectivity index (χ4n) is 1.48. The number of thioether (sulfide) groups is 1. The van der Waals surface area contributed by atoms with Gasteiger partial charge in [0.25, 0.3) is 0 Å². The Morgan fingerprint density at radius 2 is 2.11 bits per heavy atom. The molecule has 0 atom stereocenters. The third-order valence-electron chi connectivity index (χ3n) is 2.20. The van der Waals surface area contributed by atoms with Crippen LogP contribution in [0.2, 0.25) is 4.47 Å². The number of hydrogen-bond acceptors (Lipinski definition) is 7. The highest BCUT2D eigenvalue weighted by molar-refractivity contribution is 7.98. The zero-order chi connectivity index (χ0) is 13.1. The number of nitrogens with zero attached hydrogens (tertiary/aromatic N) is 5. The molecule has 2 heterocycles. The van der Waals surface area contributed by atoms with Crippen molar-refractivity contribution in [2.75, 3.05) is 0 Å². The SMILES string of the molecule is CC(C)n1c(CN)nnc1SCc1nnc(Cl)s1. The van der Waals surface area contributed by atoms with Crippen LogP contribution in [0.15, 0.2) is 5.16 Å². The molecule has 2 N–H and O–H groups in total. The van der Waals surface area contributed by atoms with Crippen molar-refractivity contribution in [1.29, 1.82) is 0 Å². The Morgan fingerprint density at radius 3 is 2.67 bits per heavy atom. The molecule has 18 heavy (non-hydrogen) atoms. The van der Waals surface area contributed by atoms with E-state index in [0.29, 0.717) is 16.8 Å². The summed E-state index contributed by atoms with van der Waals surface area (Å²) < 4.78 is 2.49. The number of rotatable bonds is 5. The third kappa shape index (κ3) is 3.00. The average Bonchev–Trinajstić information content (AvgIpc) is 2.92. The molecule has 0 radical (unpaired) electrons. The summed E-state index contributed by atoms with van der Waals surface area (Å²) in [6.45, 7) is 4.54. The first-order chi connectivity index (χ1) is 8.61. The Bertz CT molecular complexity index is 523. The van der Waals surface area contributed by atoms with Crippen LogP contribution >= 0.6 is 34.7 Å². The first kappa shape index (κ1) is 13.7. The quantitative estimate of drug-likeness (QED) is 0.852. The van der Waals surface area contributed by atoms with E-state index in [9.17, 15) is 0 Å². The summed E-state index contributed by atoms with van der Waals surface area (Å²) >= 11 is 8.67. The molecule has 98 valence electrons. The lowest BCUT2D eigenvalue weighted by Crippen LogP contribution is -2.11. The minimum atomic E-state index is 0.277. The van der Waals surface area contributed by atoms with Gasteiger partial charge in [-0.1, -0.05) is 23.1 Å². The maximum atomic E-state index is 5.74. The van der Waals surface area contributed by atoms with E-state index < -0.39 is 0 Å². The molecule has 2 rings (SSSR count). The number of hydrogen-bond donors (Lipinski definition) is 1. The fraction of sp³-hybridized carbons (Fsp3) is 0.556. The average molecular weight is 305 g/mol. The lowest BCUT2D eigenvalue weighted by Gasteiger charge is -2.12. The van der Waals surface area contributed by atoms with Crippen LogP contribution in [0.1, 0.15) is 30.7 Å². The summed E-state index contributed by atoms with van der Waals surface area (Å²) in [6, 6.07) is 0.277. The summed E-state index contributed by atoms with van der Waals surface area (Å²) in [5, 5.41) is 17.7. The van der Waals surface area contributed by atoms with Gasteiger partial charge in [0.1, 0.15) is 10.8 Å². The largest absolute Gasteiger partial charge is 0.324 e. The molecule has 0 fully saturated rings. The molecule has 9 heteroatoms. The summed E-state index contributed by atoms with van der Waals surface area (Å²) in [7, 11) is 0. The Balaban J connectivity index is 2.11. The summed E-state index contributed by atoms with van der Waals surface area (Å²) in [4.78, 5) is 0. The molecule has 0 saturated heterocycles. The molecule has 2 aromatic rings. The zero-order valence-corrected chi connectivity index (χ0v) is 12.4. The normalized spacial score (nSPS) is 11.4. The van der Waals surface area contributed by atoms with E-state index in [-0.39, 0.29) is 6.04 Å². The van der Waals surface area contributed by atoms with Crippen LogP contribution in [-0.4, -0.2) is 25.0 Å². The van der Waals surface area contributed by atoms with E-state index in [0.717, 1.165) is 16.0 Å². The van der Waals surface area contributed by atoms with E-state index >= 15 is 0 Å². The van der Waals surface area contributed by atoms with E-state index in [4.69, 9.17) is 17.3 Å². The molecule has 6 nitrogen and oxygen atoms in total. The maximum Gasteiger partial charge on any atom is 0.207 e. The predicted molar refractivity (Wildman–Crippen MR) is 72.8 cm³/mol. The summed E-state index contributed by atoms with van der Waals surface area (Å²) in [5.41, 5.74) is 5.64. The van der Waals surface area contributed by atoms with Crippen molar-refractivity contribution in [3.05, 3.63) is 15.3 Å². The molecular formula is C9H13ClN6S2. The van der Waals surface area contributed by atoms with Gasteiger partial charge in [0.15, 0.2) is 5.16 Å². The van der Waals surface area contributed by atoms with E-state index in [1.54, 1.807) is 11.8 Å². The van der Waals surface area contributed by atoms with Crippen molar-refractivity contribution in [3.63, 3.8) is 0 Å². The molecule has 0 aromatic carbocycles. The first-order valence-corrected chi connectivity index (χ1v) is 7.54. The van der Waals surface area contributed by atoms with Crippen LogP contribution < -0.4 is 5.73 Å². The van der Waals surface area contributed by atoms with Gasteiger partial charge < -0.3 is 10.3 Å². The molecule has 0 aliphatic rings. The molecule has 0 aliphatic carbocycles. The van der Waals surface area contributed by atoms with E-state index in [1.165, 1.54) is 11.3 Å². The van der Waals surface area contributed by atoms with Crippen LogP contribution in [0.5, 0.6) is 0 Å². The first-order valence-electron chi connectivity index (χ1n) is 5.36. The maximum absolute atomic E-state index is 5.74. The molecule has 0 amide bonds. The Morgan fingerprint density at radius 1 is 1.33 bits per heavy atom. The zero-order valence-electron chi connectivity index (χ0n) is 10.00. The number of aromatic nitrogens is 5. The van der Waals surface area contributed by atoms with Crippen molar-refractivity contribution in [2.24, 2.45) is 5.73 Å². The Hall–Kier alpha value is -0.700. The molecule has 0 unspecified atom stereocenters. The fourth-order valence-corrected chi connectivity index (χ4v) is 3.42. The van der Waals surface area contributed by atoms with Crippen LogP contribution in [0.3, 0.4) is 0 Å². The second kappa shape index (κ2) is 5.96. The van der Waals surface area contributed by atoms with Crippen LogP contribution in [-0.2, 0) is 12.3 Å². The second-order valence-corrected chi connectivity index (χ2v) is 6.39. The minimum Gasteiger partial charge on any atom is -0.324 e. The van der Waals surface area contributed by atoms with Gasteiger partial charge in [0, 0.05) is 6.04 Å². The van der Waals surface area contributed by atoms with E-state index in [1.807, 2.05) is 4.57 Å². The van der Waals surface area contributed by atoms with Gasteiger partial charge in [-0.25, -0.2) is 0 Å². The molecule has 0 aliphatic heterocycles. The van der Waals surface area contributed by atoms with E-state index in [2.05, 4.69) is 34.2 Å². The van der Waals surface area contributed by atoms with Gasteiger partial charge in [-0.05, 0) is 25.4 Å². The van der Waals surface area contributed by atoms with Crippen molar-refractivity contribution in [2.45, 2.75) is 37.3 Å². The number of halogens is 1.